The fourth-order valence-corrected chi connectivity index (χ4v) is 8.07. The van der Waals surface area contributed by atoms with Crippen LogP contribution >= 0.6 is 11.3 Å². The Hall–Kier alpha value is -6.17. The fourth-order valence-electron chi connectivity index (χ4n) is 6.94. The highest BCUT2D eigenvalue weighted by Gasteiger charge is 2.21. The van der Waals surface area contributed by atoms with Crippen molar-refractivity contribution in [2.45, 2.75) is 0 Å². The molecule has 0 amide bonds. The number of furan rings is 1. The van der Waals surface area contributed by atoms with Crippen LogP contribution in [0.4, 0.5) is 0 Å². The maximum atomic E-state index is 6.33. The Labute approximate surface area is 279 Å². The Balaban J connectivity index is 1.30. The summed E-state index contributed by atoms with van der Waals surface area (Å²) in [6.07, 6.45) is 0. The van der Waals surface area contributed by atoms with E-state index in [2.05, 4.69) is 115 Å². The van der Waals surface area contributed by atoms with Crippen molar-refractivity contribution in [2.75, 3.05) is 0 Å². The molecule has 10 rings (SSSR count). The van der Waals surface area contributed by atoms with E-state index in [0.717, 1.165) is 60.5 Å². The van der Waals surface area contributed by atoms with Crippen molar-refractivity contribution in [3.05, 3.63) is 152 Å². The molecule has 48 heavy (non-hydrogen) atoms. The number of hydrogen-bond acceptors (Lipinski definition) is 5. The van der Waals surface area contributed by atoms with Crippen LogP contribution in [-0.4, -0.2) is 15.0 Å². The predicted octanol–water partition coefficient (Wildman–Crippen LogP) is 12.0. The first-order valence-corrected chi connectivity index (χ1v) is 16.8. The molecule has 0 aliphatic rings. The lowest BCUT2D eigenvalue weighted by Crippen LogP contribution is -2.01. The Morgan fingerprint density at radius 3 is 1.85 bits per heavy atom. The SMILES string of the molecule is c1ccc(-c2nc(-c3cc4ccccc4cc3-c3cccc4oc5ccccc5c34)nc(-c3cccc4sc5ccccc5c34)n2)cc1. The van der Waals surface area contributed by atoms with E-state index < -0.39 is 0 Å². The van der Waals surface area contributed by atoms with Gasteiger partial charge in [-0.3, -0.25) is 0 Å². The number of fused-ring (bicyclic) bond motifs is 7. The van der Waals surface area contributed by atoms with Crippen LogP contribution in [0.1, 0.15) is 0 Å². The zero-order chi connectivity index (χ0) is 31.6. The van der Waals surface area contributed by atoms with E-state index in [1.807, 2.05) is 36.4 Å². The van der Waals surface area contributed by atoms with E-state index in [1.54, 1.807) is 11.3 Å². The van der Waals surface area contributed by atoms with Gasteiger partial charge in [-0.25, -0.2) is 15.0 Å². The van der Waals surface area contributed by atoms with E-state index in [4.69, 9.17) is 19.4 Å². The summed E-state index contributed by atoms with van der Waals surface area (Å²) in [5.41, 5.74) is 6.71. The van der Waals surface area contributed by atoms with Crippen molar-refractivity contribution in [2.24, 2.45) is 0 Å². The highest BCUT2D eigenvalue weighted by molar-refractivity contribution is 7.25. The predicted molar refractivity (Wildman–Crippen MR) is 199 cm³/mol. The molecule has 10 aromatic rings. The number of para-hydroxylation sites is 1. The molecule has 0 saturated carbocycles. The number of aromatic nitrogens is 3. The quantitative estimate of drug-likeness (QED) is 0.194. The van der Waals surface area contributed by atoms with Crippen molar-refractivity contribution in [1.29, 1.82) is 0 Å². The Morgan fingerprint density at radius 1 is 0.396 bits per heavy atom. The van der Waals surface area contributed by atoms with Crippen LogP contribution in [0.25, 0.3) is 98.2 Å². The summed E-state index contributed by atoms with van der Waals surface area (Å²) in [7, 11) is 0. The lowest BCUT2D eigenvalue weighted by Gasteiger charge is -2.15. The molecule has 0 aliphatic carbocycles. The third kappa shape index (κ3) is 4.25. The van der Waals surface area contributed by atoms with Crippen molar-refractivity contribution in [1.82, 2.24) is 15.0 Å². The summed E-state index contributed by atoms with van der Waals surface area (Å²) < 4.78 is 8.78. The van der Waals surface area contributed by atoms with Gasteiger partial charge in [-0.05, 0) is 58.3 Å². The third-order valence-corrected chi connectivity index (χ3v) is 10.3. The monoisotopic (exact) mass is 631 g/mol. The lowest BCUT2D eigenvalue weighted by atomic mass is 9.92. The van der Waals surface area contributed by atoms with Crippen LogP contribution < -0.4 is 0 Å². The van der Waals surface area contributed by atoms with Crippen LogP contribution in [0.5, 0.6) is 0 Å². The van der Waals surface area contributed by atoms with Gasteiger partial charge in [0.05, 0.1) is 0 Å². The van der Waals surface area contributed by atoms with Crippen LogP contribution in [0, 0.1) is 0 Å². The van der Waals surface area contributed by atoms with Gasteiger partial charge in [0.15, 0.2) is 17.5 Å². The first-order chi connectivity index (χ1) is 23.8. The Bertz CT molecular complexity index is 2850. The standard InChI is InChI=1S/C43H25N3OS/c1-2-12-26(13-3-1)41-44-42(32-19-11-23-38-40(32)31-17-7-9-22-37(31)48-38)46-43(45-41)34-25-28-15-5-4-14-27(28)24-33(34)29-18-10-21-36-39(29)30-16-6-8-20-35(30)47-36/h1-25H. The van der Waals surface area contributed by atoms with Crippen molar-refractivity contribution in [3.8, 4) is 45.3 Å². The molecule has 0 fully saturated rings. The molecule has 0 saturated heterocycles. The molecule has 5 heteroatoms. The molecule has 4 nitrogen and oxygen atoms in total. The number of hydrogen-bond donors (Lipinski definition) is 0. The average molecular weight is 632 g/mol. The third-order valence-electron chi connectivity index (χ3n) is 9.13. The maximum Gasteiger partial charge on any atom is 0.164 e. The molecule has 3 aromatic heterocycles. The molecule has 224 valence electrons. The van der Waals surface area contributed by atoms with Crippen molar-refractivity contribution < 1.29 is 4.42 Å². The summed E-state index contributed by atoms with van der Waals surface area (Å²) in [6, 6.07) is 52.6. The largest absolute Gasteiger partial charge is 0.456 e. The lowest BCUT2D eigenvalue weighted by molar-refractivity contribution is 0.669. The summed E-state index contributed by atoms with van der Waals surface area (Å²) >= 11 is 1.80. The van der Waals surface area contributed by atoms with E-state index in [-0.39, 0.29) is 0 Å². The fraction of sp³-hybridized carbons (Fsp3) is 0. The van der Waals surface area contributed by atoms with Gasteiger partial charge in [-0.15, -0.1) is 11.3 Å². The molecular weight excluding hydrogens is 607 g/mol. The zero-order valence-electron chi connectivity index (χ0n) is 25.6. The number of thiophene rings is 1. The second-order valence-corrected chi connectivity index (χ2v) is 13.1. The molecule has 0 unspecified atom stereocenters. The van der Waals surface area contributed by atoms with Gasteiger partial charge < -0.3 is 4.42 Å². The van der Waals surface area contributed by atoms with Gasteiger partial charge in [0.2, 0.25) is 0 Å². The smallest absolute Gasteiger partial charge is 0.164 e. The molecule has 0 spiro atoms. The van der Waals surface area contributed by atoms with Gasteiger partial charge in [0.1, 0.15) is 11.2 Å². The van der Waals surface area contributed by atoms with Gasteiger partial charge in [-0.1, -0.05) is 115 Å². The van der Waals surface area contributed by atoms with Gasteiger partial charge in [0.25, 0.3) is 0 Å². The van der Waals surface area contributed by atoms with Gasteiger partial charge in [0, 0.05) is 47.6 Å². The first-order valence-electron chi connectivity index (χ1n) is 15.9. The summed E-state index contributed by atoms with van der Waals surface area (Å²) in [5.74, 6) is 1.92. The minimum Gasteiger partial charge on any atom is -0.456 e. The maximum absolute atomic E-state index is 6.33. The molecule has 0 atom stereocenters. The summed E-state index contributed by atoms with van der Waals surface area (Å²) in [5, 5.41) is 6.81. The Morgan fingerprint density at radius 2 is 1.00 bits per heavy atom. The molecule has 3 heterocycles. The first kappa shape index (κ1) is 27.0. The van der Waals surface area contributed by atoms with Crippen LogP contribution in [0.3, 0.4) is 0 Å². The molecule has 0 N–H and O–H groups in total. The zero-order valence-corrected chi connectivity index (χ0v) is 26.4. The number of benzene rings is 7. The highest BCUT2D eigenvalue weighted by Crippen LogP contribution is 2.43. The van der Waals surface area contributed by atoms with Gasteiger partial charge in [-0.2, -0.15) is 0 Å². The van der Waals surface area contributed by atoms with Gasteiger partial charge >= 0.3 is 0 Å². The summed E-state index contributed by atoms with van der Waals surface area (Å²) in [6.45, 7) is 0. The van der Waals surface area contributed by atoms with E-state index >= 15 is 0 Å². The molecule has 0 bridgehead atoms. The number of rotatable bonds is 4. The molecule has 0 aliphatic heterocycles. The van der Waals surface area contributed by atoms with E-state index in [0.29, 0.717) is 17.5 Å². The topological polar surface area (TPSA) is 51.8 Å². The molecular formula is C43H25N3OS. The minimum absolute atomic E-state index is 0.626. The minimum atomic E-state index is 0.626. The van der Waals surface area contributed by atoms with Crippen LogP contribution in [0.15, 0.2) is 156 Å². The van der Waals surface area contributed by atoms with Crippen LogP contribution in [-0.2, 0) is 0 Å². The summed E-state index contributed by atoms with van der Waals surface area (Å²) in [4.78, 5) is 15.7. The highest BCUT2D eigenvalue weighted by atomic mass is 32.1. The molecule has 7 aromatic carbocycles. The van der Waals surface area contributed by atoms with E-state index in [1.165, 1.54) is 20.2 Å². The number of nitrogens with zero attached hydrogens (tertiary/aromatic N) is 3. The van der Waals surface area contributed by atoms with Crippen molar-refractivity contribution in [3.63, 3.8) is 0 Å². The second kappa shape index (κ2) is 10.7. The van der Waals surface area contributed by atoms with Crippen molar-refractivity contribution >= 4 is 64.2 Å². The Kier molecular flexibility index (Phi) is 6.01. The van der Waals surface area contributed by atoms with Crippen LogP contribution in [0.2, 0.25) is 0 Å². The average Bonchev–Trinajstić information content (AvgIpc) is 3.73. The normalized spacial score (nSPS) is 11.8. The molecule has 0 radical (unpaired) electrons. The van der Waals surface area contributed by atoms with E-state index in [9.17, 15) is 0 Å². The second-order valence-electron chi connectivity index (χ2n) is 12.0.